The highest BCUT2D eigenvalue weighted by atomic mass is 16.5. The van der Waals surface area contributed by atoms with Crippen molar-refractivity contribution in [3.63, 3.8) is 0 Å². The van der Waals surface area contributed by atoms with Crippen molar-refractivity contribution in [3.8, 4) is 0 Å². The number of aliphatic hydroxyl groups excluding tert-OH is 2. The van der Waals surface area contributed by atoms with E-state index in [0.717, 1.165) is 57.8 Å². The minimum Gasteiger partial charge on any atom is -0.466 e. The first kappa shape index (κ1) is 73.6. The van der Waals surface area contributed by atoms with E-state index in [2.05, 4.69) is 67.8 Å². The summed E-state index contributed by atoms with van der Waals surface area (Å²) in [6.07, 6.45) is 85.7. The molecule has 0 spiro atoms. The molecule has 0 saturated heterocycles. The molecule has 0 rings (SSSR count). The first-order chi connectivity index (χ1) is 37.5. The van der Waals surface area contributed by atoms with Gasteiger partial charge in [-0.2, -0.15) is 0 Å². The number of carbonyl (C=O) groups is 2. The summed E-state index contributed by atoms with van der Waals surface area (Å²) in [5, 5.41) is 23.1. The van der Waals surface area contributed by atoms with E-state index in [1.807, 2.05) is 6.08 Å². The molecule has 444 valence electrons. The van der Waals surface area contributed by atoms with E-state index in [4.69, 9.17) is 4.74 Å². The molecule has 0 bridgehead atoms. The first-order valence-electron chi connectivity index (χ1n) is 33.6. The van der Waals surface area contributed by atoms with Crippen LogP contribution in [-0.2, 0) is 14.3 Å². The summed E-state index contributed by atoms with van der Waals surface area (Å²) in [7, 11) is 0. The van der Waals surface area contributed by atoms with Gasteiger partial charge in [-0.3, -0.25) is 9.59 Å². The molecule has 0 aromatic rings. The maximum atomic E-state index is 12.5. The second kappa shape index (κ2) is 65.1. The predicted molar refractivity (Wildman–Crippen MR) is 333 cm³/mol. The minimum atomic E-state index is -0.846. The summed E-state index contributed by atoms with van der Waals surface area (Å²) in [5.74, 6) is -0.0710. The third kappa shape index (κ3) is 60.8. The van der Waals surface area contributed by atoms with Crippen LogP contribution in [0.25, 0.3) is 0 Å². The van der Waals surface area contributed by atoms with Gasteiger partial charge in [-0.25, -0.2) is 0 Å². The van der Waals surface area contributed by atoms with Crippen molar-refractivity contribution >= 4 is 11.9 Å². The molecule has 0 fully saturated rings. The Bertz CT molecular complexity index is 1320. The molecule has 1 amide bonds. The van der Waals surface area contributed by atoms with Gasteiger partial charge < -0.3 is 20.3 Å². The summed E-state index contributed by atoms with van der Waals surface area (Å²) in [6.45, 7) is 4.88. The highest BCUT2D eigenvalue weighted by Gasteiger charge is 2.18. The Hall–Kier alpha value is -2.44. The molecule has 0 radical (unpaired) electrons. The monoisotopic (exact) mass is 1060 g/mol. The molecule has 0 aliphatic heterocycles. The van der Waals surface area contributed by atoms with Gasteiger partial charge in [0.25, 0.3) is 0 Å². The van der Waals surface area contributed by atoms with E-state index in [9.17, 15) is 19.8 Å². The second-order valence-electron chi connectivity index (χ2n) is 22.8. The van der Waals surface area contributed by atoms with E-state index in [-0.39, 0.29) is 18.5 Å². The van der Waals surface area contributed by atoms with Crippen LogP contribution < -0.4 is 5.32 Å². The van der Waals surface area contributed by atoms with Crippen molar-refractivity contribution in [2.24, 2.45) is 0 Å². The zero-order valence-electron chi connectivity index (χ0n) is 50.7. The number of hydrogen-bond acceptors (Lipinski definition) is 5. The van der Waals surface area contributed by atoms with Crippen LogP contribution in [0.3, 0.4) is 0 Å². The molecular weight excluding hydrogens is 935 g/mol. The number of amides is 1. The average Bonchev–Trinajstić information content (AvgIpc) is 3.42. The standard InChI is InChI=1S/C70H129NO5/c1-3-5-7-9-11-13-15-17-34-38-42-46-50-54-58-62-68(73)67(66-72)71-69(74)63-59-55-51-47-43-39-36-32-30-28-26-24-22-20-19-21-23-25-27-29-31-33-37-41-45-49-53-57-61-65-76-70(75)64-60-56-52-48-44-40-35-18-16-14-12-10-8-6-4-2/h12,14,18-19,21,25,27,35,58,62,67-68,72-73H,3-11,13,15-17,20,22-24,26,28-34,36-57,59-61,63-66H2,1-2H3,(H,71,74)/b14-12-,21-19-,27-25-,35-18-,62-58+. The fraction of sp³-hybridized carbons (Fsp3) is 0.829. The van der Waals surface area contributed by atoms with Gasteiger partial charge in [-0.1, -0.05) is 299 Å². The average molecular weight is 1060 g/mol. The molecule has 6 heteroatoms. The highest BCUT2D eigenvalue weighted by molar-refractivity contribution is 5.76. The van der Waals surface area contributed by atoms with Gasteiger partial charge in [-0.05, 0) is 96.3 Å². The predicted octanol–water partition coefficient (Wildman–Crippen LogP) is 21.5. The Morgan fingerprint density at radius 1 is 0.368 bits per heavy atom. The lowest BCUT2D eigenvalue weighted by Gasteiger charge is -2.20. The second-order valence-corrected chi connectivity index (χ2v) is 22.8. The highest BCUT2D eigenvalue weighted by Crippen LogP contribution is 2.17. The molecule has 2 atom stereocenters. The number of allylic oxidation sites excluding steroid dienone is 9. The number of nitrogens with one attached hydrogen (secondary N) is 1. The Balaban J connectivity index is 3.43. The number of carbonyl (C=O) groups excluding carboxylic acids is 2. The van der Waals surface area contributed by atoms with Crippen molar-refractivity contribution < 1.29 is 24.5 Å². The van der Waals surface area contributed by atoms with Crippen molar-refractivity contribution in [3.05, 3.63) is 60.8 Å². The number of esters is 1. The van der Waals surface area contributed by atoms with Gasteiger partial charge in [-0.15, -0.1) is 0 Å². The summed E-state index contributed by atoms with van der Waals surface area (Å²) in [4.78, 5) is 24.5. The van der Waals surface area contributed by atoms with Crippen LogP contribution in [0.5, 0.6) is 0 Å². The fourth-order valence-electron chi connectivity index (χ4n) is 10.1. The van der Waals surface area contributed by atoms with Gasteiger partial charge in [0.2, 0.25) is 5.91 Å². The fourth-order valence-corrected chi connectivity index (χ4v) is 10.1. The third-order valence-electron chi connectivity index (χ3n) is 15.3. The van der Waals surface area contributed by atoms with Crippen molar-refractivity contribution in [1.29, 1.82) is 0 Å². The Kier molecular flexibility index (Phi) is 63.0. The molecule has 0 aliphatic rings. The van der Waals surface area contributed by atoms with E-state index in [1.54, 1.807) is 6.08 Å². The third-order valence-corrected chi connectivity index (χ3v) is 15.3. The van der Waals surface area contributed by atoms with Gasteiger partial charge in [0.15, 0.2) is 0 Å². The SMILES string of the molecule is CCCCC/C=C\C/C=C\CCCCCCCC(=O)OCCCCCCCCCCC/C=C\C/C=C\CCCCCCCCCCCCCCCC(=O)NC(CO)C(O)/C=C/CCCCCCCCCCCCCCC. The van der Waals surface area contributed by atoms with Crippen LogP contribution in [0.1, 0.15) is 348 Å². The number of hydrogen-bond donors (Lipinski definition) is 3. The van der Waals surface area contributed by atoms with Crippen molar-refractivity contribution in [1.82, 2.24) is 5.32 Å². The molecule has 0 aromatic heterocycles. The number of rotatable bonds is 62. The largest absolute Gasteiger partial charge is 0.466 e. The van der Waals surface area contributed by atoms with Crippen LogP contribution in [0.4, 0.5) is 0 Å². The summed E-state index contributed by atoms with van der Waals surface area (Å²) in [6, 6.07) is -0.630. The van der Waals surface area contributed by atoms with Gasteiger partial charge >= 0.3 is 5.97 Å². The molecule has 0 heterocycles. The summed E-state index contributed by atoms with van der Waals surface area (Å²) >= 11 is 0. The van der Waals surface area contributed by atoms with Crippen LogP contribution in [-0.4, -0.2) is 47.4 Å². The summed E-state index contributed by atoms with van der Waals surface area (Å²) in [5.41, 5.74) is 0. The Labute approximate surface area is 473 Å². The number of aliphatic hydroxyl groups is 2. The Morgan fingerprint density at radius 3 is 1.03 bits per heavy atom. The molecule has 6 nitrogen and oxygen atoms in total. The zero-order chi connectivity index (χ0) is 55.0. The van der Waals surface area contributed by atoms with Crippen molar-refractivity contribution in [2.75, 3.05) is 13.2 Å². The van der Waals surface area contributed by atoms with E-state index < -0.39 is 12.1 Å². The molecular formula is C70H129NO5. The summed E-state index contributed by atoms with van der Waals surface area (Å²) < 4.78 is 5.48. The zero-order valence-corrected chi connectivity index (χ0v) is 50.7. The van der Waals surface area contributed by atoms with Crippen LogP contribution in [0.15, 0.2) is 60.8 Å². The van der Waals surface area contributed by atoms with Gasteiger partial charge in [0, 0.05) is 12.8 Å². The van der Waals surface area contributed by atoms with E-state index >= 15 is 0 Å². The molecule has 0 aromatic carbocycles. The van der Waals surface area contributed by atoms with Gasteiger partial charge in [0.1, 0.15) is 0 Å². The van der Waals surface area contributed by atoms with Gasteiger partial charge in [0.05, 0.1) is 25.4 Å². The van der Waals surface area contributed by atoms with Crippen LogP contribution >= 0.6 is 0 Å². The smallest absolute Gasteiger partial charge is 0.305 e. The number of unbranched alkanes of at least 4 members (excludes halogenated alkanes) is 43. The van der Waals surface area contributed by atoms with Crippen LogP contribution in [0, 0.1) is 0 Å². The molecule has 76 heavy (non-hydrogen) atoms. The van der Waals surface area contributed by atoms with Crippen LogP contribution in [0.2, 0.25) is 0 Å². The number of ether oxygens (including phenoxy) is 1. The lowest BCUT2D eigenvalue weighted by molar-refractivity contribution is -0.143. The Morgan fingerprint density at radius 2 is 0.658 bits per heavy atom. The maximum absolute atomic E-state index is 12.5. The molecule has 3 N–H and O–H groups in total. The van der Waals surface area contributed by atoms with E-state index in [1.165, 1.54) is 263 Å². The van der Waals surface area contributed by atoms with E-state index in [0.29, 0.717) is 19.4 Å². The molecule has 0 aliphatic carbocycles. The molecule has 0 saturated carbocycles. The minimum absolute atomic E-state index is 0.00274. The topological polar surface area (TPSA) is 95.9 Å². The van der Waals surface area contributed by atoms with Crippen molar-refractivity contribution in [2.45, 2.75) is 360 Å². The normalized spacial score (nSPS) is 12.9. The first-order valence-corrected chi connectivity index (χ1v) is 33.6. The quantitative estimate of drug-likeness (QED) is 0.0320. The lowest BCUT2D eigenvalue weighted by atomic mass is 10.0. The maximum Gasteiger partial charge on any atom is 0.305 e. The molecule has 2 unspecified atom stereocenters. The lowest BCUT2D eigenvalue weighted by Crippen LogP contribution is -2.45.